The number of carbonyl (C=O) groups excluding carboxylic acids is 2. The van der Waals surface area contributed by atoms with Gasteiger partial charge in [-0.25, -0.2) is 0 Å². The molecule has 2 amide bonds. The van der Waals surface area contributed by atoms with E-state index in [0.717, 1.165) is 31.5 Å². The van der Waals surface area contributed by atoms with E-state index in [0.29, 0.717) is 26.2 Å². The standard InChI is InChI=1S/C18H28N4O2/c1-2-14-5-7-16(8-6-14)21-17(23)13-22-11-3-4-15(12-22)18(24)20-10-9-19/h5-8,15H,2-4,9-13,19H2,1H3,(H,20,24)(H,21,23). The van der Waals surface area contributed by atoms with Crippen LogP contribution in [0.25, 0.3) is 0 Å². The minimum atomic E-state index is -0.0538. The molecule has 0 spiro atoms. The SMILES string of the molecule is CCc1ccc(NC(=O)CN2CCCC(C(=O)NCCN)C2)cc1. The third kappa shape index (κ3) is 5.62. The van der Waals surface area contributed by atoms with Gasteiger partial charge in [-0.15, -0.1) is 0 Å². The molecule has 1 atom stereocenters. The van der Waals surface area contributed by atoms with Crippen LogP contribution in [0.3, 0.4) is 0 Å². The van der Waals surface area contributed by atoms with Crippen LogP contribution in [0.1, 0.15) is 25.3 Å². The first-order valence-electron chi connectivity index (χ1n) is 8.71. The van der Waals surface area contributed by atoms with Gasteiger partial charge >= 0.3 is 0 Å². The number of anilines is 1. The first kappa shape index (κ1) is 18.4. The number of aryl methyl sites for hydroxylation is 1. The number of likely N-dealkylation sites (tertiary alicyclic amines) is 1. The van der Waals surface area contributed by atoms with Gasteiger partial charge in [0.25, 0.3) is 0 Å². The molecule has 6 heteroatoms. The summed E-state index contributed by atoms with van der Waals surface area (Å²) in [6.07, 6.45) is 2.78. The smallest absolute Gasteiger partial charge is 0.238 e. The summed E-state index contributed by atoms with van der Waals surface area (Å²) in [5, 5.41) is 5.76. The van der Waals surface area contributed by atoms with Crippen molar-refractivity contribution in [2.45, 2.75) is 26.2 Å². The van der Waals surface area contributed by atoms with E-state index in [1.807, 2.05) is 29.2 Å². The highest BCUT2D eigenvalue weighted by Gasteiger charge is 2.26. The number of nitrogens with one attached hydrogen (secondary N) is 2. The molecule has 4 N–H and O–H groups in total. The molecule has 1 aliphatic rings. The van der Waals surface area contributed by atoms with Crippen LogP contribution in [-0.2, 0) is 16.0 Å². The summed E-state index contributed by atoms with van der Waals surface area (Å²) in [6.45, 7) is 4.84. The van der Waals surface area contributed by atoms with Gasteiger partial charge in [0, 0.05) is 25.3 Å². The van der Waals surface area contributed by atoms with E-state index in [-0.39, 0.29) is 17.7 Å². The second kappa shape index (κ2) is 9.39. The molecule has 0 aromatic heterocycles. The van der Waals surface area contributed by atoms with Gasteiger partial charge in [-0.3, -0.25) is 14.5 Å². The first-order chi connectivity index (χ1) is 11.6. The maximum absolute atomic E-state index is 12.2. The molecule has 0 aliphatic carbocycles. The minimum absolute atomic E-state index is 0.0396. The van der Waals surface area contributed by atoms with Crippen molar-refractivity contribution in [3.63, 3.8) is 0 Å². The Morgan fingerprint density at radius 1 is 1.29 bits per heavy atom. The molecule has 1 aliphatic heterocycles. The summed E-state index contributed by atoms with van der Waals surface area (Å²) in [4.78, 5) is 26.3. The number of piperidine rings is 1. The average Bonchev–Trinajstić information content (AvgIpc) is 2.60. The van der Waals surface area contributed by atoms with Gasteiger partial charge in [0.05, 0.1) is 12.5 Å². The van der Waals surface area contributed by atoms with Crippen molar-refractivity contribution in [3.05, 3.63) is 29.8 Å². The third-order valence-corrected chi connectivity index (χ3v) is 4.33. The zero-order chi connectivity index (χ0) is 17.4. The molecule has 1 aromatic rings. The number of nitrogens with two attached hydrogens (primary N) is 1. The van der Waals surface area contributed by atoms with Gasteiger partial charge in [0.2, 0.25) is 11.8 Å². The van der Waals surface area contributed by atoms with E-state index < -0.39 is 0 Å². The fourth-order valence-electron chi connectivity index (χ4n) is 2.98. The number of nitrogens with zero attached hydrogens (tertiary/aromatic N) is 1. The quantitative estimate of drug-likeness (QED) is 0.694. The number of benzene rings is 1. The Kier molecular flexibility index (Phi) is 7.21. The highest BCUT2D eigenvalue weighted by molar-refractivity contribution is 5.92. The van der Waals surface area contributed by atoms with Gasteiger partial charge < -0.3 is 16.4 Å². The second-order valence-corrected chi connectivity index (χ2v) is 6.25. The summed E-state index contributed by atoms with van der Waals surface area (Å²) < 4.78 is 0. The lowest BCUT2D eigenvalue weighted by molar-refractivity contribution is -0.127. The summed E-state index contributed by atoms with van der Waals surface area (Å²) in [5.74, 6) is -0.0510. The molecule has 1 heterocycles. The Morgan fingerprint density at radius 3 is 2.71 bits per heavy atom. The molecule has 2 rings (SSSR count). The predicted molar refractivity (Wildman–Crippen MR) is 95.7 cm³/mol. The monoisotopic (exact) mass is 332 g/mol. The predicted octanol–water partition coefficient (Wildman–Crippen LogP) is 0.974. The average molecular weight is 332 g/mol. The van der Waals surface area contributed by atoms with Crippen molar-refractivity contribution in [3.8, 4) is 0 Å². The van der Waals surface area contributed by atoms with Crippen LogP contribution in [0, 0.1) is 5.92 Å². The lowest BCUT2D eigenvalue weighted by atomic mass is 9.97. The Hall–Kier alpha value is -1.92. The third-order valence-electron chi connectivity index (χ3n) is 4.33. The van der Waals surface area contributed by atoms with Crippen LogP contribution >= 0.6 is 0 Å². The molecule has 1 fully saturated rings. The van der Waals surface area contributed by atoms with Crippen LogP contribution in [0.5, 0.6) is 0 Å². The zero-order valence-electron chi connectivity index (χ0n) is 14.4. The van der Waals surface area contributed by atoms with E-state index >= 15 is 0 Å². The Morgan fingerprint density at radius 2 is 2.04 bits per heavy atom. The van der Waals surface area contributed by atoms with Crippen LogP contribution in [-0.4, -0.2) is 49.4 Å². The van der Waals surface area contributed by atoms with Gasteiger partial charge in [-0.1, -0.05) is 19.1 Å². The number of rotatable bonds is 7. The van der Waals surface area contributed by atoms with E-state index in [1.165, 1.54) is 5.56 Å². The molecular weight excluding hydrogens is 304 g/mol. The fourth-order valence-corrected chi connectivity index (χ4v) is 2.98. The molecule has 1 saturated heterocycles. The van der Waals surface area contributed by atoms with Gasteiger partial charge in [-0.05, 0) is 43.5 Å². The molecule has 24 heavy (non-hydrogen) atoms. The summed E-state index contributed by atoms with van der Waals surface area (Å²) in [7, 11) is 0. The first-order valence-corrected chi connectivity index (χ1v) is 8.71. The normalized spacial score (nSPS) is 18.2. The van der Waals surface area contributed by atoms with Gasteiger partial charge in [0.1, 0.15) is 0 Å². The minimum Gasteiger partial charge on any atom is -0.355 e. The van der Waals surface area contributed by atoms with Gasteiger partial charge in [0.15, 0.2) is 0 Å². The van der Waals surface area contributed by atoms with Crippen LogP contribution in [0.15, 0.2) is 24.3 Å². The van der Waals surface area contributed by atoms with Crippen molar-refractivity contribution in [2.24, 2.45) is 11.7 Å². The van der Waals surface area contributed by atoms with E-state index in [4.69, 9.17) is 5.73 Å². The Bertz CT molecular complexity index is 544. The largest absolute Gasteiger partial charge is 0.355 e. The van der Waals surface area contributed by atoms with Gasteiger partial charge in [-0.2, -0.15) is 0 Å². The van der Waals surface area contributed by atoms with Crippen LogP contribution in [0.4, 0.5) is 5.69 Å². The highest BCUT2D eigenvalue weighted by Crippen LogP contribution is 2.17. The summed E-state index contributed by atoms with van der Waals surface area (Å²) >= 11 is 0. The van der Waals surface area contributed by atoms with Crippen molar-refractivity contribution in [1.29, 1.82) is 0 Å². The summed E-state index contributed by atoms with van der Waals surface area (Å²) in [5.41, 5.74) is 7.47. The molecule has 1 aromatic carbocycles. The number of amides is 2. The topological polar surface area (TPSA) is 87.5 Å². The molecule has 0 saturated carbocycles. The molecule has 1 unspecified atom stereocenters. The maximum atomic E-state index is 12.2. The van der Waals surface area contributed by atoms with E-state index in [2.05, 4.69) is 17.6 Å². The Balaban J connectivity index is 1.81. The lowest BCUT2D eigenvalue weighted by Gasteiger charge is -2.31. The number of carbonyl (C=O) groups is 2. The van der Waals surface area contributed by atoms with Crippen molar-refractivity contribution < 1.29 is 9.59 Å². The van der Waals surface area contributed by atoms with E-state index in [9.17, 15) is 9.59 Å². The molecular formula is C18H28N4O2. The number of hydrogen-bond donors (Lipinski definition) is 3. The van der Waals surface area contributed by atoms with Crippen LogP contribution in [0.2, 0.25) is 0 Å². The summed E-state index contributed by atoms with van der Waals surface area (Å²) in [6, 6.07) is 7.90. The fraction of sp³-hybridized carbons (Fsp3) is 0.556. The lowest BCUT2D eigenvalue weighted by Crippen LogP contribution is -2.46. The van der Waals surface area contributed by atoms with Crippen molar-refractivity contribution in [1.82, 2.24) is 10.2 Å². The molecule has 132 valence electrons. The molecule has 0 radical (unpaired) electrons. The van der Waals surface area contributed by atoms with Crippen LogP contribution < -0.4 is 16.4 Å². The molecule has 6 nitrogen and oxygen atoms in total. The number of hydrogen-bond acceptors (Lipinski definition) is 4. The second-order valence-electron chi connectivity index (χ2n) is 6.25. The van der Waals surface area contributed by atoms with Crippen molar-refractivity contribution in [2.75, 3.05) is 38.0 Å². The molecule has 0 bridgehead atoms. The van der Waals surface area contributed by atoms with E-state index in [1.54, 1.807) is 0 Å². The highest BCUT2D eigenvalue weighted by atomic mass is 16.2. The van der Waals surface area contributed by atoms with Crippen molar-refractivity contribution >= 4 is 17.5 Å². The maximum Gasteiger partial charge on any atom is 0.238 e. The Labute approximate surface area is 143 Å². The zero-order valence-corrected chi connectivity index (χ0v) is 14.4.